The van der Waals surface area contributed by atoms with Crippen molar-refractivity contribution in [1.82, 2.24) is 25.1 Å². The number of amides is 1. The fourth-order valence-corrected chi connectivity index (χ4v) is 3.45. The molecule has 0 saturated carbocycles. The summed E-state index contributed by atoms with van der Waals surface area (Å²) in [4.78, 5) is 14.3. The second-order valence-corrected chi connectivity index (χ2v) is 6.71. The molecule has 1 N–H and O–H groups in total. The highest BCUT2D eigenvalue weighted by Gasteiger charge is 2.21. The molecular weight excluding hydrogens is 314 g/mol. The minimum Gasteiger partial charge on any atom is -0.508 e. The van der Waals surface area contributed by atoms with E-state index < -0.39 is 0 Å². The van der Waals surface area contributed by atoms with Gasteiger partial charge in [0.05, 0.1) is 11.4 Å². The van der Waals surface area contributed by atoms with E-state index in [2.05, 4.69) is 22.4 Å². The van der Waals surface area contributed by atoms with E-state index in [-0.39, 0.29) is 11.7 Å². The van der Waals surface area contributed by atoms with Gasteiger partial charge in [-0.3, -0.25) is 4.79 Å². The van der Waals surface area contributed by atoms with Crippen LogP contribution in [0, 0.1) is 5.92 Å². The number of rotatable bonds is 4. The molecule has 1 aliphatic heterocycles. The molecule has 2 heterocycles. The van der Waals surface area contributed by atoms with Gasteiger partial charge < -0.3 is 10.0 Å². The number of aromatic hydroxyl groups is 1. The number of hydrogen-bond donors (Lipinski definition) is 1. The molecule has 8 heteroatoms. The Labute approximate surface area is 138 Å². The molecule has 1 aliphatic rings. The number of tetrazole rings is 1. The first kappa shape index (κ1) is 15.8. The molecule has 0 aliphatic carbocycles. The topological polar surface area (TPSA) is 84.1 Å². The Balaban J connectivity index is 1.64. The van der Waals surface area contributed by atoms with Crippen molar-refractivity contribution in [3.63, 3.8) is 0 Å². The highest BCUT2D eigenvalue weighted by molar-refractivity contribution is 7.99. The number of aromatic nitrogens is 4. The second-order valence-electron chi connectivity index (χ2n) is 5.77. The molecule has 1 aromatic heterocycles. The number of likely N-dealkylation sites (tertiary alicyclic amines) is 1. The first-order chi connectivity index (χ1) is 11.1. The van der Waals surface area contributed by atoms with Crippen molar-refractivity contribution in [2.45, 2.75) is 24.9 Å². The third kappa shape index (κ3) is 3.82. The van der Waals surface area contributed by atoms with Crippen LogP contribution >= 0.6 is 11.8 Å². The van der Waals surface area contributed by atoms with E-state index in [1.54, 1.807) is 28.9 Å². The highest BCUT2D eigenvalue weighted by atomic mass is 32.2. The van der Waals surface area contributed by atoms with Gasteiger partial charge in [-0.15, -0.1) is 5.10 Å². The van der Waals surface area contributed by atoms with Crippen LogP contribution < -0.4 is 0 Å². The Kier molecular flexibility index (Phi) is 4.80. The molecule has 3 rings (SSSR count). The summed E-state index contributed by atoms with van der Waals surface area (Å²) in [5, 5.41) is 21.5. The summed E-state index contributed by atoms with van der Waals surface area (Å²) >= 11 is 1.33. The lowest BCUT2D eigenvalue weighted by atomic mass is 10.0. The van der Waals surface area contributed by atoms with Gasteiger partial charge in [0.25, 0.3) is 0 Å². The van der Waals surface area contributed by atoms with Gasteiger partial charge in [-0.2, -0.15) is 4.68 Å². The molecule has 122 valence electrons. The average Bonchev–Trinajstić information content (AvgIpc) is 3.02. The molecule has 1 saturated heterocycles. The summed E-state index contributed by atoms with van der Waals surface area (Å²) in [6.07, 6.45) is 2.26. The number of carbonyl (C=O) groups excluding carboxylic acids is 1. The summed E-state index contributed by atoms with van der Waals surface area (Å²) in [5.74, 6) is 1.21. The maximum Gasteiger partial charge on any atom is 0.233 e. The van der Waals surface area contributed by atoms with Crippen LogP contribution in [0.3, 0.4) is 0 Å². The number of nitrogens with zero attached hydrogens (tertiary/aromatic N) is 5. The van der Waals surface area contributed by atoms with Gasteiger partial charge >= 0.3 is 0 Å². The molecule has 1 aromatic carbocycles. The lowest BCUT2D eigenvalue weighted by Crippen LogP contribution is -2.40. The van der Waals surface area contributed by atoms with Gasteiger partial charge in [-0.05, 0) is 53.5 Å². The molecule has 1 atom stereocenters. The van der Waals surface area contributed by atoms with Gasteiger partial charge in [0, 0.05) is 13.1 Å². The van der Waals surface area contributed by atoms with Gasteiger partial charge in [-0.25, -0.2) is 0 Å². The van der Waals surface area contributed by atoms with E-state index in [9.17, 15) is 9.90 Å². The zero-order chi connectivity index (χ0) is 16.2. The van der Waals surface area contributed by atoms with Gasteiger partial charge in [-0.1, -0.05) is 18.7 Å². The summed E-state index contributed by atoms with van der Waals surface area (Å²) in [6.45, 7) is 3.85. The summed E-state index contributed by atoms with van der Waals surface area (Å²) in [6, 6.07) is 6.60. The molecule has 1 fully saturated rings. The number of hydrogen-bond acceptors (Lipinski definition) is 6. The minimum absolute atomic E-state index is 0.127. The lowest BCUT2D eigenvalue weighted by molar-refractivity contribution is -0.130. The van der Waals surface area contributed by atoms with Crippen LogP contribution in [0.15, 0.2) is 29.4 Å². The largest absolute Gasteiger partial charge is 0.508 e. The molecule has 0 bridgehead atoms. The fraction of sp³-hybridized carbons (Fsp3) is 0.467. The van der Waals surface area contributed by atoms with Crippen LogP contribution in [0.1, 0.15) is 19.8 Å². The van der Waals surface area contributed by atoms with Crippen molar-refractivity contribution in [2.24, 2.45) is 5.92 Å². The van der Waals surface area contributed by atoms with E-state index in [0.29, 0.717) is 16.8 Å². The second kappa shape index (κ2) is 6.99. The molecule has 23 heavy (non-hydrogen) atoms. The first-order valence-electron chi connectivity index (χ1n) is 7.62. The van der Waals surface area contributed by atoms with Crippen molar-refractivity contribution >= 4 is 17.7 Å². The average molecular weight is 333 g/mol. The normalized spacial score (nSPS) is 18.1. The Morgan fingerprint density at radius 3 is 2.91 bits per heavy atom. The van der Waals surface area contributed by atoms with Crippen LogP contribution in [-0.4, -0.2) is 55.0 Å². The number of phenolic OH excluding ortho intramolecular Hbond substituents is 1. The van der Waals surface area contributed by atoms with E-state index in [0.717, 1.165) is 25.2 Å². The number of piperidine rings is 1. The van der Waals surface area contributed by atoms with Crippen LogP contribution in [0.2, 0.25) is 0 Å². The van der Waals surface area contributed by atoms with Crippen molar-refractivity contribution in [3.8, 4) is 11.4 Å². The number of thioether (sulfide) groups is 1. The molecule has 2 aromatic rings. The Morgan fingerprint density at radius 1 is 1.39 bits per heavy atom. The molecule has 0 unspecified atom stereocenters. The molecule has 1 amide bonds. The van der Waals surface area contributed by atoms with Crippen LogP contribution in [0.5, 0.6) is 5.75 Å². The van der Waals surface area contributed by atoms with Gasteiger partial charge in [0.1, 0.15) is 5.75 Å². The SMILES string of the molecule is C[C@H]1CCCN(C(=O)CSc2nnnn2-c2ccc(O)cc2)C1. The van der Waals surface area contributed by atoms with E-state index in [1.807, 2.05) is 4.90 Å². The molecule has 7 nitrogen and oxygen atoms in total. The number of benzene rings is 1. The smallest absolute Gasteiger partial charge is 0.233 e. The fourth-order valence-electron chi connectivity index (χ4n) is 2.66. The predicted molar refractivity (Wildman–Crippen MR) is 86.5 cm³/mol. The van der Waals surface area contributed by atoms with Gasteiger partial charge in [0.15, 0.2) is 0 Å². The quantitative estimate of drug-likeness (QED) is 0.858. The van der Waals surface area contributed by atoms with E-state index in [1.165, 1.54) is 18.2 Å². The lowest BCUT2D eigenvalue weighted by Gasteiger charge is -2.30. The standard InChI is InChI=1S/C15H19N5O2S/c1-11-3-2-8-19(9-11)14(22)10-23-15-16-17-18-20(15)12-4-6-13(21)7-5-12/h4-7,11,21H,2-3,8-10H2,1H3/t11-/m0/s1. The number of phenols is 1. The summed E-state index contributed by atoms with van der Waals surface area (Å²) < 4.78 is 1.57. The zero-order valence-electron chi connectivity index (χ0n) is 12.9. The van der Waals surface area contributed by atoms with Crippen molar-refractivity contribution in [1.29, 1.82) is 0 Å². The predicted octanol–water partition coefficient (Wildman–Crippen LogP) is 1.72. The molecule has 0 radical (unpaired) electrons. The van der Waals surface area contributed by atoms with Crippen molar-refractivity contribution in [3.05, 3.63) is 24.3 Å². The Morgan fingerprint density at radius 2 is 2.17 bits per heavy atom. The summed E-state index contributed by atoms with van der Waals surface area (Å²) in [7, 11) is 0. The van der Waals surface area contributed by atoms with Crippen molar-refractivity contribution in [2.75, 3.05) is 18.8 Å². The maximum absolute atomic E-state index is 12.3. The zero-order valence-corrected chi connectivity index (χ0v) is 13.7. The first-order valence-corrected chi connectivity index (χ1v) is 8.60. The van der Waals surface area contributed by atoms with Gasteiger partial charge in [0.2, 0.25) is 11.1 Å². The van der Waals surface area contributed by atoms with Crippen molar-refractivity contribution < 1.29 is 9.90 Å². The third-order valence-electron chi connectivity index (χ3n) is 3.87. The monoisotopic (exact) mass is 333 g/mol. The summed E-state index contributed by atoms with van der Waals surface area (Å²) in [5.41, 5.74) is 0.745. The molecular formula is C15H19N5O2S. The van der Waals surface area contributed by atoms with Crippen LogP contribution in [0.4, 0.5) is 0 Å². The third-order valence-corrected chi connectivity index (χ3v) is 4.77. The number of carbonyl (C=O) groups is 1. The molecule has 0 spiro atoms. The van der Waals surface area contributed by atoms with E-state index in [4.69, 9.17) is 0 Å². The Hall–Kier alpha value is -2.09. The van der Waals surface area contributed by atoms with Crippen LogP contribution in [0.25, 0.3) is 5.69 Å². The highest BCUT2D eigenvalue weighted by Crippen LogP contribution is 2.22. The Bertz CT molecular complexity index is 673. The van der Waals surface area contributed by atoms with Crippen LogP contribution in [-0.2, 0) is 4.79 Å². The minimum atomic E-state index is 0.127. The van der Waals surface area contributed by atoms with E-state index >= 15 is 0 Å². The maximum atomic E-state index is 12.3.